The summed E-state index contributed by atoms with van der Waals surface area (Å²) < 4.78 is 10.2. The lowest BCUT2D eigenvalue weighted by atomic mass is 10.0. The second-order valence-corrected chi connectivity index (χ2v) is 6.09. The molecular formula is C12H18N2O3S. The van der Waals surface area contributed by atoms with Crippen LogP contribution in [0, 0.1) is 6.92 Å². The summed E-state index contributed by atoms with van der Waals surface area (Å²) in [5.74, 6) is -0.374. The minimum Gasteiger partial charge on any atom is -0.464 e. The molecule has 100 valence electrons. The van der Waals surface area contributed by atoms with Crippen molar-refractivity contribution in [3.05, 3.63) is 10.6 Å². The lowest BCUT2D eigenvalue weighted by Gasteiger charge is -2.41. The number of hydrogen-bond acceptors (Lipinski definition) is 6. The average molecular weight is 270 g/mol. The van der Waals surface area contributed by atoms with E-state index in [9.17, 15) is 4.79 Å². The fraction of sp³-hybridized carbons (Fsp3) is 0.667. The number of rotatable bonds is 2. The first kappa shape index (κ1) is 13.3. The van der Waals surface area contributed by atoms with Crippen molar-refractivity contribution in [1.29, 1.82) is 0 Å². The van der Waals surface area contributed by atoms with Crippen LogP contribution in [0.25, 0.3) is 0 Å². The molecule has 1 saturated heterocycles. The van der Waals surface area contributed by atoms with Gasteiger partial charge in [-0.25, -0.2) is 9.78 Å². The highest BCUT2D eigenvalue weighted by Crippen LogP contribution is 2.32. The molecule has 1 aromatic heterocycles. The van der Waals surface area contributed by atoms with Gasteiger partial charge in [0.25, 0.3) is 0 Å². The van der Waals surface area contributed by atoms with Crippen molar-refractivity contribution in [2.75, 3.05) is 31.8 Å². The number of nitrogens with zero attached hydrogens (tertiary/aromatic N) is 2. The molecule has 1 aliphatic heterocycles. The highest BCUT2D eigenvalue weighted by Gasteiger charge is 2.33. The van der Waals surface area contributed by atoms with Crippen LogP contribution in [0.1, 0.15) is 29.2 Å². The minimum atomic E-state index is -0.374. The molecule has 1 aromatic rings. The Morgan fingerprint density at radius 2 is 2.28 bits per heavy atom. The predicted molar refractivity (Wildman–Crippen MR) is 70.4 cm³/mol. The summed E-state index contributed by atoms with van der Waals surface area (Å²) in [6.45, 7) is 8.26. The Morgan fingerprint density at radius 1 is 1.56 bits per heavy atom. The van der Waals surface area contributed by atoms with E-state index in [4.69, 9.17) is 9.47 Å². The number of anilines is 1. The lowest BCUT2D eigenvalue weighted by Crippen LogP contribution is -2.53. The molecule has 1 aliphatic rings. The van der Waals surface area contributed by atoms with Crippen molar-refractivity contribution in [3.8, 4) is 0 Å². The van der Waals surface area contributed by atoms with Crippen LogP contribution < -0.4 is 4.90 Å². The predicted octanol–water partition coefficient (Wildman–Crippen LogP) is 1.85. The minimum absolute atomic E-state index is 0.101. The SMILES string of the molecule is COC(=O)c1nc(N2CCOCC2(C)C)sc1C. The summed E-state index contributed by atoms with van der Waals surface area (Å²) in [5.41, 5.74) is 0.315. The van der Waals surface area contributed by atoms with Gasteiger partial charge in [0.15, 0.2) is 10.8 Å². The molecule has 0 saturated carbocycles. The Morgan fingerprint density at radius 3 is 2.89 bits per heavy atom. The average Bonchev–Trinajstić information content (AvgIpc) is 2.69. The Balaban J connectivity index is 2.31. The van der Waals surface area contributed by atoms with Crippen LogP contribution in [-0.2, 0) is 9.47 Å². The summed E-state index contributed by atoms with van der Waals surface area (Å²) in [5, 5.41) is 0.862. The lowest BCUT2D eigenvalue weighted by molar-refractivity contribution is 0.0591. The molecule has 0 spiro atoms. The van der Waals surface area contributed by atoms with Crippen LogP contribution >= 0.6 is 11.3 Å². The second-order valence-electron chi connectivity index (χ2n) is 4.91. The van der Waals surface area contributed by atoms with Gasteiger partial charge in [-0.1, -0.05) is 0 Å². The van der Waals surface area contributed by atoms with E-state index in [1.807, 2.05) is 6.92 Å². The van der Waals surface area contributed by atoms with E-state index in [0.717, 1.165) is 16.6 Å². The second kappa shape index (κ2) is 4.85. The molecule has 0 aromatic carbocycles. The molecule has 1 fully saturated rings. The molecule has 5 nitrogen and oxygen atoms in total. The standard InChI is InChI=1S/C12H18N2O3S/c1-8-9(10(15)16-4)13-11(18-8)14-5-6-17-7-12(14,2)3/h5-7H2,1-4H3. The van der Waals surface area contributed by atoms with Crippen LogP contribution in [0.2, 0.25) is 0 Å². The maximum Gasteiger partial charge on any atom is 0.357 e. The molecule has 6 heteroatoms. The summed E-state index contributed by atoms with van der Waals surface area (Å²) >= 11 is 1.53. The molecule has 0 amide bonds. The topological polar surface area (TPSA) is 51.7 Å². The number of ether oxygens (including phenoxy) is 2. The van der Waals surface area contributed by atoms with Crippen LogP contribution in [-0.4, -0.2) is 43.4 Å². The van der Waals surface area contributed by atoms with Crippen molar-refractivity contribution >= 4 is 22.4 Å². The number of methoxy groups -OCH3 is 1. The van der Waals surface area contributed by atoms with Gasteiger partial charge in [-0.2, -0.15) is 0 Å². The number of aryl methyl sites for hydroxylation is 1. The van der Waals surface area contributed by atoms with Gasteiger partial charge < -0.3 is 14.4 Å². The molecule has 0 radical (unpaired) electrons. The highest BCUT2D eigenvalue weighted by atomic mass is 32.1. The van der Waals surface area contributed by atoms with Crippen molar-refractivity contribution < 1.29 is 14.3 Å². The van der Waals surface area contributed by atoms with E-state index >= 15 is 0 Å². The van der Waals surface area contributed by atoms with E-state index in [-0.39, 0.29) is 11.5 Å². The van der Waals surface area contributed by atoms with Gasteiger partial charge in [0.1, 0.15) is 0 Å². The number of aromatic nitrogens is 1. The summed E-state index contributed by atoms with van der Waals surface area (Å²) in [6, 6.07) is 0. The zero-order valence-corrected chi connectivity index (χ0v) is 12.0. The zero-order valence-electron chi connectivity index (χ0n) is 11.1. The number of carbonyl (C=O) groups excluding carboxylic acids is 1. The van der Waals surface area contributed by atoms with Gasteiger partial charge in [-0.05, 0) is 20.8 Å². The normalized spacial score (nSPS) is 18.8. The summed E-state index contributed by atoms with van der Waals surface area (Å²) in [6.07, 6.45) is 0. The molecule has 0 aliphatic carbocycles. The fourth-order valence-corrected chi connectivity index (χ4v) is 3.08. The quantitative estimate of drug-likeness (QED) is 0.768. The number of esters is 1. The number of morpholine rings is 1. The fourth-order valence-electron chi connectivity index (χ4n) is 2.00. The molecule has 18 heavy (non-hydrogen) atoms. The van der Waals surface area contributed by atoms with Crippen LogP contribution in [0.4, 0.5) is 5.13 Å². The Labute approximate surface area is 111 Å². The number of thiazole rings is 1. The number of hydrogen-bond donors (Lipinski definition) is 0. The smallest absolute Gasteiger partial charge is 0.357 e. The summed E-state index contributed by atoms with van der Waals surface area (Å²) in [7, 11) is 1.37. The van der Waals surface area contributed by atoms with Crippen molar-refractivity contribution in [1.82, 2.24) is 4.98 Å². The maximum absolute atomic E-state index is 11.6. The third-order valence-electron chi connectivity index (χ3n) is 3.04. The monoisotopic (exact) mass is 270 g/mol. The Hall–Kier alpha value is -1.14. The first-order valence-electron chi connectivity index (χ1n) is 5.87. The van der Waals surface area contributed by atoms with E-state index in [1.54, 1.807) is 0 Å². The van der Waals surface area contributed by atoms with Crippen LogP contribution in [0.5, 0.6) is 0 Å². The van der Waals surface area contributed by atoms with Gasteiger partial charge in [-0.15, -0.1) is 11.3 Å². The van der Waals surface area contributed by atoms with Gasteiger partial charge in [0, 0.05) is 11.4 Å². The van der Waals surface area contributed by atoms with Gasteiger partial charge in [0.2, 0.25) is 0 Å². The van der Waals surface area contributed by atoms with E-state index < -0.39 is 0 Å². The maximum atomic E-state index is 11.6. The largest absolute Gasteiger partial charge is 0.464 e. The Kier molecular flexibility index (Phi) is 3.59. The molecule has 2 rings (SSSR count). The van der Waals surface area contributed by atoms with Crippen molar-refractivity contribution in [3.63, 3.8) is 0 Å². The van der Waals surface area contributed by atoms with E-state index in [0.29, 0.717) is 18.9 Å². The Bertz CT molecular complexity index is 456. The molecule has 0 N–H and O–H groups in total. The molecular weight excluding hydrogens is 252 g/mol. The first-order chi connectivity index (χ1) is 8.45. The van der Waals surface area contributed by atoms with Crippen molar-refractivity contribution in [2.24, 2.45) is 0 Å². The third kappa shape index (κ3) is 2.35. The van der Waals surface area contributed by atoms with E-state index in [2.05, 4.69) is 23.7 Å². The van der Waals surface area contributed by atoms with Gasteiger partial charge in [0.05, 0.1) is 25.9 Å². The molecule has 0 bridgehead atoms. The van der Waals surface area contributed by atoms with Gasteiger partial charge >= 0.3 is 5.97 Å². The van der Waals surface area contributed by atoms with Gasteiger partial charge in [-0.3, -0.25) is 0 Å². The third-order valence-corrected chi connectivity index (χ3v) is 4.03. The molecule has 0 atom stereocenters. The molecule has 0 unspecified atom stereocenters. The van der Waals surface area contributed by atoms with Crippen molar-refractivity contribution in [2.45, 2.75) is 26.3 Å². The number of carbonyl (C=O) groups is 1. The zero-order chi connectivity index (χ0) is 13.3. The van der Waals surface area contributed by atoms with Crippen LogP contribution in [0.15, 0.2) is 0 Å². The summed E-state index contributed by atoms with van der Waals surface area (Å²) in [4.78, 5) is 19.1. The van der Waals surface area contributed by atoms with E-state index in [1.165, 1.54) is 18.4 Å². The molecule has 2 heterocycles. The highest BCUT2D eigenvalue weighted by molar-refractivity contribution is 7.15. The van der Waals surface area contributed by atoms with Crippen LogP contribution in [0.3, 0.4) is 0 Å². The first-order valence-corrected chi connectivity index (χ1v) is 6.68.